The SMILES string of the molecule is CC(C)(C)c1ccc(C(=O)NCC(c2ccccc2)N2CCCC2)cc1. The lowest BCUT2D eigenvalue weighted by Crippen LogP contribution is -2.36. The Kier molecular flexibility index (Phi) is 5.77. The Hall–Kier alpha value is -2.13. The quantitative estimate of drug-likeness (QED) is 0.858. The molecule has 3 nitrogen and oxygen atoms in total. The van der Waals surface area contributed by atoms with E-state index in [4.69, 9.17) is 0 Å². The summed E-state index contributed by atoms with van der Waals surface area (Å²) in [6.45, 7) is 9.41. The van der Waals surface area contributed by atoms with E-state index in [1.54, 1.807) is 0 Å². The summed E-state index contributed by atoms with van der Waals surface area (Å²) >= 11 is 0. The van der Waals surface area contributed by atoms with Gasteiger partial charge in [-0.05, 0) is 54.6 Å². The predicted molar refractivity (Wildman–Crippen MR) is 107 cm³/mol. The molecule has 1 fully saturated rings. The van der Waals surface area contributed by atoms with Gasteiger partial charge in [0.1, 0.15) is 0 Å². The second-order valence-electron chi connectivity index (χ2n) is 8.21. The summed E-state index contributed by atoms with van der Waals surface area (Å²) in [4.78, 5) is 15.1. The Morgan fingerprint density at radius 3 is 2.19 bits per heavy atom. The molecular formula is C23H30N2O. The summed E-state index contributed by atoms with van der Waals surface area (Å²) in [7, 11) is 0. The van der Waals surface area contributed by atoms with Crippen LogP contribution in [0.1, 0.15) is 61.1 Å². The van der Waals surface area contributed by atoms with Gasteiger partial charge < -0.3 is 5.32 Å². The van der Waals surface area contributed by atoms with Crippen LogP contribution in [0.5, 0.6) is 0 Å². The first kappa shape index (κ1) is 18.7. The van der Waals surface area contributed by atoms with Gasteiger partial charge in [-0.3, -0.25) is 9.69 Å². The van der Waals surface area contributed by atoms with E-state index in [1.807, 2.05) is 18.2 Å². The van der Waals surface area contributed by atoms with Gasteiger partial charge in [0, 0.05) is 12.1 Å². The number of carbonyl (C=O) groups is 1. The third-order valence-corrected chi connectivity index (χ3v) is 5.23. The second-order valence-corrected chi connectivity index (χ2v) is 8.21. The minimum Gasteiger partial charge on any atom is -0.350 e. The molecule has 26 heavy (non-hydrogen) atoms. The van der Waals surface area contributed by atoms with Crippen molar-refractivity contribution >= 4 is 5.91 Å². The van der Waals surface area contributed by atoms with E-state index in [9.17, 15) is 4.79 Å². The minimum absolute atomic E-state index is 0.00517. The van der Waals surface area contributed by atoms with Gasteiger partial charge in [0.05, 0.1) is 6.04 Å². The lowest BCUT2D eigenvalue weighted by Gasteiger charge is -2.28. The monoisotopic (exact) mass is 350 g/mol. The highest BCUT2D eigenvalue weighted by Gasteiger charge is 2.24. The molecule has 0 radical (unpaired) electrons. The first-order valence-corrected chi connectivity index (χ1v) is 9.63. The maximum Gasteiger partial charge on any atom is 0.251 e. The smallest absolute Gasteiger partial charge is 0.251 e. The third-order valence-electron chi connectivity index (χ3n) is 5.23. The first-order chi connectivity index (χ1) is 12.4. The second kappa shape index (κ2) is 8.05. The van der Waals surface area contributed by atoms with Crippen molar-refractivity contribution in [2.75, 3.05) is 19.6 Å². The number of hydrogen-bond acceptors (Lipinski definition) is 2. The largest absolute Gasteiger partial charge is 0.350 e. The lowest BCUT2D eigenvalue weighted by molar-refractivity contribution is 0.0938. The molecule has 1 aliphatic rings. The number of likely N-dealkylation sites (tertiary alicyclic amines) is 1. The van der Waals surface area contributed by atoms with Crippen molar-refractivity contribution in [3.63, 3.8) is 0 Å². The lowest BCUT2D eigenvalue weighted by atomic mass is 9.87. The maximum atomic E-state index is 12.6. The van der Waals surface area contributed by atoms with E-state index >= 15 is 0 Å². The molecule has 0 aromatic heterocycles. The molecule has 1 aliphatic heterocycles. The zero-order chi connectivity index (χ0) is 18.6. The van der Waals surface area contributed by atoms with Crippen LogP contribution in [0.15, 0.2) is 54.6 Å². The minimum atomic E-state index is 0.00517. The Bertz CT molecular complexity index is 710. The van der Waals surface area contributed by atoms with Crippen molar-refractivity contribution in [1.82, 2.24) is 10.2 Å². The molecule has 0 bridgehead atoms. The van der Waals surface area contributed by atoms with Crippen LogP contribution in [0.3, 0.4) is 0 Å². The zero-order valence-corrected chi connectivity index (χ0v) is 16.2. The normalized spacial score (nSPS) is 16.4. The Balaban J connectivity index is 1.67. The molecular weight excluding hydrogens is 320 g/mol. The van der Waals surface area contributed by atoms with E-state index in [0.717, 1.165) is 18.7 Å². The highest BCUT2D eigenvalue weighted by atomic mass is 16.1. The molecule has 3 rings (SSSR count). The number of amides is 1. The van der Waals surface area contributed by atoms with Crippen LogP contribution in [-0.4, -0.2) is 30.4 Å². The van der Waals surface area contributed by atoms with Crippen LogP contribution < -0.4 is 5.32 Å². The number of hydrogen-bond donors (Lipinski definition) is 1. The van der Waals surface area contributed by atoms with Crippen LogP contribution >= 0.6 is 0 Å². The van der Waals surface area contributed by atoms with Gasteiger partial charge in [0.2, 0.25) is 0 Å². The number of nitrogens with one attached hydrogen (secondary N) is 1. The summed E-state index contributed by atoms with van der Waals surface area (Å²) in [5, 5.41) is 3.15. The van der Waals surface area contributed by atoms with E-state index < -0.39 is 0 Å². The molecule has 1 saturated heterocycles. The van der Waals surface area contributed by atoms with Crippen LogP contribution in [0, 0.1) is 0 Å². The summed E-state index contributed by atoms with van der Waals surface area (Å²) in [5.41, 5.74) is 3.35. The van der Waals surface area contributed by atoms with Gasteiger partial charge in [-0.2, -0.15) is 0 Å². The number of carbonyl (C=O) groups excluding carboxylic acids is 1. The van der Waals surface area contributed by atoms with Crippen molar-refractivity contribution < 1.29 is 4.79 Å². The molecule has 2 aromatic rings. The Morgan fingerprint density at radius 2 is 1.62 bits per heavy atom. The molecule has 1 unspecified atom stereocenters. The van der Waals surface area contributed by atoms with E-state index in [0.29, 0.717) is 6.54 Å². The van der Waals surface area contributed by atoms with Crippen LogP contribution in [0.2, 0.25) is 0 Å². The van der Waals surface area contributed by atoms with Crippen molar-refractivity contribution in [3.8, 4) is 0 Å². The first-order valence-electron chi connectivity index (χ1n) is 9.63. The average Bonchev–Trinajstić information content (AvgIpc) is 3.16. The fraction of sp³-hybridized carbons (Fsp3) is 0.435. The van der Waals surface area contributed by atoms with Gasteiger partial charge in [-0.15, -0.1) is 0 Å². The van der Waals surface area contributed by atoms with Crippen LogP contribution in [0.25, 0.3) is 0 Å². The van der Waals surface area contributed by atoms with Crippen LogP contribution in [-0.2, 0) is 5.41 Å². The fourth-order valence-corrected chi connectivity index (χ4v) is 3.60. The maximum absolute atomic E-state index is 12.6. The molecule has 0 saturated carbocycles. The van der Waals surface area contributed by atoms with Gasteiger partial charge in [0.25, 0.3) is 5.91 Å². The molecule has 1 atom stereocenters. The third kappa shape index (κ3) is 4.53. The summed E-state index contributed by atoms with van der Waals surface area (Å²) in [6, 6.07) is 18.7. The topological polar surface area (TPSA) is 32.3 Å². The molecule has 1 heterocycles. The molecule has 0 spiro atoms. The molecule has 1 N–H and O–H groups in total. The Morgan fingerprint density at radius 1 is 1.00 bits per heavy atom. The van der Waals surface area contributed by atoms with Crippen molar-refractivity contribution in [2.45, 2.75) is 45.1 Å². The van der Waals surface area contributed by atoms with Gasteiger partial charge in [0.15, 0.2) is 0 Å². The zero-order valence-electron chi connectivity index (χ0n) is 16.2. The summed E-state index contributed by atoms with van der Waals surface area (Å²) in [5.74, 6) is 0.00517. The number of benzene rings is 2. The average molecular weight is 351 g/mol. The predicted octanol–water partition coefficient (Wildman–Crippen LogP) is 4.55. The molecule has 3 heteroatoms. The van der Waals surface area contributed by atoms with Crippen LogP contribution in [0.4, 0.5) is 0 Å². The van der Waals surface area contributed by atoms with E-state index in [-0.39, 0.29) is 17.4 Å². The Labute approximate surface area is 157 Å². The van der Waals surface area contributed by atoms with E-state index in [2.05, 4.69) is 67.4 Å². The van der Waals surface area contributed by atoms with Crippen molar-refractivity contribution in [2.24, 2.45) is 0 Å². The standard InChI is InChI=1S/C23H30N2O/c1-23(2,3)20-13-11-19(12-14-20)22(26)24-17-21(25-15-7-8-16-25)18-9-5-4-6-10-18/h4-6,9-14,21H,7-8,15-17H2,1-3H3,(H,24,26). The van der Waals surface area contributed by atoms with Gasteiger partial charge >= 0.3 is 0 Å². The number of nitrogens with zero attached hydrogens (tertiary/aromatic N) is 1. The van der Waals surface area contributed by atoms with E-state index in [1.165, 1.54) is 24.0 Å². The van der Waals surface area contributed by atoms with Crippen molar-refractivity contribution in [3.05, 3.63) is 71.3 Å². The van der Waals surface area contributed by atoms with Crippen molar-refractivity contribution in [1.29, 1.82) is 0 Å². The molecule has 0 aliphatic carbocycles. The van der Waals surface area contributed by atoms with Gasteiger partial charge in [-0.25, -0.2) is 0 Å². The molecule has 1 amide bonds. The summed E-state index contributed by atoms with van der Waals surface area (Å²) < 4.78 is 0. The number of rotatable bonds is 5. The van der Waals surface area contributed by atoms with Gasteiger partial charge in [-0.1, -0.05) is 63.2 Å². The highest BCUT2D eigenvalue weighted by Crippen LogP contribution is 2.25. The molecule has 2 aromatic carbocycles. The summed E-state index contributed by atoms with van der Waals surface area (Å²) in [6.07, 6.45) is 2.48. The molecule has 138 valence electrons. The fourth-order valence-electron chi connectivity index (χ4n) is 3.60. The highest BCUT2D eigenvalue weighted by molar-refractivity contribution is 5.94.